The van der Waals surface area contributed by atoms with E-state index in [2.05, 4.69) is 20.4 Å². The standard InChI is InChI=1S/C13H13N5S/c1-14-12-5-11(10-6-15-18(2)7-10)16-13(17-12)9-3-4-19-8-9/h3-8H,1-2H3,(H,14,16,17). The van der Waals surface area contributed by atoms with Gasteiger partial charge < -0.3 is 5.32 Å². The van der Waals surface area contributed by atoms with E-state index in [1.165, 1.54) is 0 Å². The van der Waals surface area contributed by atoms with E-state index in [1.807, 2.05) is 43.2 Å². The van der Waals surface area contributed by atoms with Gasteiger partial charge in [-0.2, -0.15) is 16.4 Å². The van der Waals surface area contributed by atoms with E-state index in [4.69, 9.17) is 0 Å². The van der Waals surface area contributed by atoms with Crippen LogP contribution in [-0.2, 0) is 7.05 Å². The fraction of sp³-hybridized carbons (Fsp3) is 0.154. The van der Waals surface area contributed by atoms with Gasteiger partial charge in [0.05, 0.1) is 11.9 Å². The van der Waals surface area contributed by atoms with Crippen molar-refractivity contribution in [2.45, 2.75) is 0 Å². The molecule has 5 nitrogen and oxygen atoms in total. The molecule has 0 unspecified atom stereocenters. The topological polar surface area (TPSA) is 55.6 Å². The van der Waals surface area contributed by atoms with Gasteiger partial charge in [-0.15, -0.1) is 0 Å². The van der Waals surface area contributed by atoms with Gasteiger partial charge in [-0.25, -0.2) is 9.97 Å². The van der Waals surface area contributed by atoms with Crippen LogP contribution < -0.4 is 5.32 Å². The molecule has 0 amide bonds. The number of rotatable bonds is 3. The number of anilines is 1. The Labute approximate surface area is 115 Å². The number of nitrogens with zero attached hydrogens (tertiary/aromatic N) is 4. The highest BCUT2D eigenvalue weighted by molar-refractivity contribution is 7.08. The van der Waals surface area contributed by atoms with Gasteiger partial charge in [0.25, 0.3) is 0 Å². The molecule has 3 rings (SSSR count). The molecule has 0 fully saturated rings. The maximum Gasteiger partial charge on any atom is 0.162 e. The summed E-state index contributed by atoms with van der Waals surface area (Å²) < 4.78 is 1.76. The minimum Gasteiger partial charge on any atom is -0.373 e. The monoisotopic (exact) mass is 271 g/mol. The van der Waals surface area contributed by atoms with Crippen molar-refractivity contribution in [2.75, 3.05) is 12.4 Å². The molecule has 6 heteroatoms. The second kappa shape index (κ2) is 4.81. The predicted octanol–water partition coefficient (Wildman–Crippen LogP) is 2.65. The fourth-order valence-electron chi connectivity index (χ4n) is 1.80. The van der Waals surface area contributed by atoms with E-state index in [1.54, 1.807) is 22.2 Å². The van der Waals surface area contributed by atoms with Crippen LogP contribution in [0.5, 0.6) is 0 Å². The predicted molar refractivity (Wildman–Crippen MR) is 77.1 cm³/mol. The third-order valence-corrected chi connectivity index (χ3v) is 3.45. The second-order valence-electron chi connectivity index (χ2n) is 4.13. The molecule has 0 aromatic carbocycles. The van der Waals surface area contributed by atoms with Crippen LogP contribution in [0.4, 0.5) is 5.82 Å². The first kappa shape index (κ1) is 11.9. The lowest BCUT2D eigenvalue weighted by molar-refractivity contribution is 0.768. The quantitative estimate of drug-likeness (QED) is 0.795. The smallest absolute Gasteiger partial charge is 0.162 e. The van der Waals surface area contributed by atoms with E-state index in [0.717, 1.165) is 28.5 Å². The van der Waals surface area contributed by atoms with Gasteiger partial charge in [0.15, 0.2) is 5.82 Å². The molecule has 19 heavy (non-hydrogen) atoms. The van der Waals surface area contributed by atoms with Crippen LogP contribution in [0.2, 0.25) is 0 Å². The average molecular weight is 271 g/mol. The minimum absolute atomic E-state index is 0.729. The van der Waals surface area contributed by atoms with Gasteiger partial charge in [-0.3, -0.25) is 4.68 Å². The first-order valence-corrected chi connectivity index (χ1v) is 6.79. The number of thiophene rings is 1. The number of aryl methyl sites for hydroxylation is 1. The van der Waals surface area contributed by atoms with Crippen molar-refractivity contribution in [3.05, 3.63) is 35.3 Å². The summed E-state index contributed by atoms with van der Waals surface area (Å²) in [7, 11) is 3.75. The summed E-state index contributed by atoms with van der Waals surface area (Å²) in [6.07, 6.45) is 3.75. The summed E-state index contributed by atoms with van der Waals surface area (Å²) in [5.41, 5.74) is 2.89. The molecule has 0 saturated carbocycles. The van der Waals surface area contributed by atoms with Crippen molar-refractivity contribution in [3.63, 3.8) is 0 Å². The largest absolute Gasteiger partial charge is 0.373 e. The molecule has 0 aliphatic carbocycles. The highest BCUT2D eigenvalue weighted by atomic mass is 32.1. The molecule has 0 atom stereocenters. The zero-order valence-corrected chi connectivity index (χ0v) is 11.5. The Balaban J connectivity index is 2.12. The molecule has 0 aliphatic heterocycles. The van der Waals surface area contributed by atoms with Gasteiger partial charge in [0.2, 0.25) is 0 Å². The summed E-state index contributed by atoms with van der Waals surface area (Å²) in [5.74, 6) is 1.53. The highest BCUT2D eigenvalue weighted by Crippen LogP contribution is 2.25. The SMILES string of the molecule is CNc1cc(-c2cnn(C)c2)nc(-c2ccsc2)n1. The van der Waals surface area contributed by atoms with E-state index in [9.17, 15) is 0 Å². The normalized spacial score (nSPS) is 10.6. The van der Waals surface area contributed by atoms with Gasteiger partial charge >= 0.3 is 0 Å². The van der Waals surface area contributed by atoms with Crippen molar-refractivity contribution in [2.24, 2.45) is 7.05 Å². The summed E-state index contributed by atoms with van der Waals surface area (Å²) in [5, 5.41) is 11.3. The lowest BCUT2D eigenvalue weighted by Crippen LogP contribution is -1.98. The first-order chi connectivity index (χ1) is 9.26. The van der Waals surface area contributed by atoms with Gasteiger partial charge in [0.1, 0.15) is 5.82 Å². The molecular weight excluding hydrogens is 258 g/mol. The zero-order chi connectivity index (χ0) is 13.2. The Morgan fingerprint density at radius 1 is 1.26 bits per heavy atom. The minimum atomic E-state index is 0.729. The van der Waals surface area contributed by atoms with Crippen LogP contribution in [0.3, 0.4) is 0 Å². The Morgan fingerprint density at radius 3 is 2.79 bits per heavy atom. The highest BCUT2D eigenvalue weighted by Gasteiger charge is 2.09. The van der Waals surface area contributed by atoms with Gasteiger partial charge in [0, 0.05) is 42.9 Å². The average Bonchev–Trinajstić information content (AvgIpc) is 3.09. The maximum atomic E-state index is 4.61. The van der Waals surface area contributed by atoms with Crippen molar-refractivity contribution >= 4 is 17.2 Å². The van der Waals surface area contributed by atoms with E-state index in [0.29, 0.717) is 0 Å². The van der Waals surface area contributed by atoms with Crippen LogP contribution in [0, 0.1) is 0 Å². The van der Waals surface area contributed by atoms with Crippen LogP contribution in [0.1, 0.15) is 0 Å². The molecule has 1 N–H and O–H groups in total. The zero-order valence-electron chi connectivity index (χ0n) is 10.7. The Kier molecular flexibility index (Phi) is 3.00. The lowest BCUT2D eigenvalue weighted by atomic mass is 10.2. The molecule has 3 heterocycles. The third kappa shape index (κ3) is 2.34. The van der Waals surface area contributed by atoms with Gasteiger partial charge in [-0.05, 0) is 11.4 Å². The van der Waals surface area contributed by atoms with Crippen molar-refractivity contribution < 1.29 is 0 Å². The number of hydrogen-bond acceptors (Lipinski definition) is 5. The van der Waals surface area contributed by atoms with Crippen molar-refractivity contribution in [1.82, 2.24) is 19.7 Å². The molecule has 0 radical (unpaired) electrons. The second-order valence-corrected chi connectivity index (χ2v) is 4.91. The Hall–Kier alpha value is -2.21. The Morgan fingerprint density at radius 2 is 2.16 bits per heavy atom. The molecule has 0 aliphatic rings. The lowest BCUT2D eigenvalue weighted by Gasteiger charge is -2.05. The van der Waals surface area contributed by atoms with Crippen LogP contribution in [0.25, 0.3) is 22.6 Å². The third-order valence-electron chi connectivity index (χ3n) is 2.76. The molecule has 0 bridgehead atoms. The fourth-order valence-corrected chi connectivity index (χ4v) is 2.43. The van der Waals surface area contributed by atoms with Crippen molar-refractivity contribution in [1.29, 1.82) is 0 Å². The summed E-state index contributed by atoms with van der Waals surface area (Å²) in [6.45, 7) is 0. The number of aromatic nitrogens is 4. The van der Waals surface area contributed by atoms with Crippen LogP contribution >= 0.6 is 11.3 Å². The number of hydrogen-bond donors (Lipinski definition) is 1. The van der Waals surface area contributed by atoms with Crippen LogP contribution in [0.15, 0.2) is 35.3 Å². The Bertz CT molecular complexity index is 687. The molecule has 3 aromatic rings. The maximum absolute atomic E-state index is 4.61. The molecular formula is C13H13N5S. The summed E-state index contributed by atoms with van der Waals surface area (Å²) in [6, 6.07) is 3.94. The molecule has 0 spiro atoms. The first-order valence-electron chi connectivity index (χ1n) is 5.84. The van der Waals surface area contributed by atoms with Gasteiger partial charge in [-0.1, -0.05) is 0 Å². The summed E-state index contributed by atoms with van der Waals surface area (Å²) in [4.78, 5) is 9.09. The van der Waals surface area contributed by atoms with Crippen molar-refractivity contribution in [3.8, 4) is 22.6 Å². The van der Waals surface area contributed by atoms with E-state index >= 15 is 0 Å². The molecule has 96 valence electrons. The van der Waals surface area contributed by atoms with Crippen LogP contribution in [-0.4, -0.2) is 26.8 Å². The van der Waals surface area contributed by atoms with E-state index < -0.39 is 0 Å². The van der Waals surface area contributed by atoms with E-state index in [-0.39, 0.29) is 0 Å². The molecule has 3 aromatic heterocycles. The molecule has 0 saturated heterocycles. The summed E-state index contributed by atoms with van der Waals surface area (Å²) >= 11 is 1.64. The number of nitrogens with one attached hydrogen (secondary N) is 1.